The number of carbonyl (C=O) groups is 1. The van der Waals surface area contributed by atoms with Crippen LogP contribution in [0.2, 0.25) is 0 Å². The molecular weight excluding hydrogens is 374 g/mol. The van der Waals surface area contributed by atoms with Crippen molar-refractivity contribution in [2.75, 3.05) is 0 Å². The van der Waals surface area contributed by atoms with E-state index in [1.165, 1.54) is 4.88 Å². The fraction of sp³-hybridized carbons (Fsp3) is 0.167. The molecule has 0 fully saturated rings. The molecule has 0 saturated heterocycles. The Morgan fingerprint density at radius 1 is 1.09 bits per heavy atom. The minimum absolute atomic E-state index is 0.0946. The van der Waals surface area contributed by atoms with Crippen molar-refractivity contribution in [1.82, 2.24) is 4.90 Å². The van der Waals surface area contributed by atoms with E-state index in [1.807, 2.05) is 58.8 Å². The molecule has 0 aliphatic rings. The molecule has 5 heteroatoms. The lowest BCUT2D eigenvalue weighted by molar-refractivity contribution is -0.131. The quantitative estimate of drug-likeness (QED) is 0.602. The highest BCUT2D eigenvalue weighted by atomic mass is 79.9. The summed E-state index contributed by atoms with van der Waals surface area (Å²) in [6.07, 6.45) is 2.03. The lowest BCUT2D eigenvalue weighted by Crippen LogP contribution is -2.31. The molecule has 0 atom stereocenters. The first-order chi connectivity index (χ1) is 11.2. The van der Waals surface area contributed by atoms with Crippen molar-refractivity contribution in [3.05, 3.63) is 80.8 Å². The number of carbonyl (C=O) groups excluding carboxylic acids is 1. The van der Waals surface area contributed by atoms with Crippen LogP contribution < -0.4 is 0 Å². The van der Waals surface area contributed by atoms with Crippen LogP contribution in [0.3, 0.4) is 0 Å². The van der Waals surface area contributed by atoms with E-state index in [-0.39, 0.29) is 5.91 Å². The van der Waals surface area contributed by atoms with Gasteiger partial charge in [-0.1, -0.05) is 34.1 Å². The first-order valence-corrected chi connectivity index (χ1v) is 8.95. The van der Waals surface area contributed by atoms with Crippen LogP contribution in [0.5, 0.6) is 0 Å². The summed E-state index contributed by atoms with van der Waals surface area (Å²) in [4.78, 5) is 15.7. The summed E-state index contributed by atoms with van der Waals surface area (Å²) in [5.74, 6) is 0.892. The molecule has 3 nitrogen and oxygen atoms in total. The minimum atomic E-state index is 0.0946. The monoisotopic (exact) mass is 389 g/mol. The Bertz CT molecular complexity index is 700. The Labute approximate surface area is 147 Å². The third-order valence-corrected chi connectivity index (χ3v) is 4.86. The number of thiophene rings is 1. The maximum atomic E-state index is 12.7. The Balaban J connectivity index is 1.73. The van der Waals surface area contributed by atoms with Crippen LogP contribution in [-0.4, -0.2) is 10.8 Å². The fourth-order valence-corrected chi connectivity index (χ4v) is 3.29. The van der Waals surface area contributed by atoms with E-state index in [0.717, 1.165) is 15.8 Å². The molecule has 3 rings (SSSR count). The average Bonchev–Trinajstić information content (AvgIpc) is 3.22. The third kappa shape index (κ3) is 4.56. The fourth-order valence-electron chi connectivity index (χ4n) is 2.30. The first kappa shape index (κ1) is 16.0. The number of halogens is 1. The molecule has 0 bridgehead atoms. The normalized spacial score (nSPS) is 10.7. The van der Waals surface area contributed by atoms with Crippen molar-refractivity contribution in [3.63, 3.8) is 0 Å². The summed E-state index contributed by atoms with van der Waals surface area (Å²) in [6, 6.07) is 15.6. The van der Waals surface area contributed by atoms with Crippen molar-refractivity contribution < 1.29 is 9.21 Å². The van der Waals surface area contributed by atoms with Crippen LogP contribution in [0.15, 0.2) is 69.1 Å². The van der Waals surface area contributed by atoms with Crippen molar-refractivity contribution in [1.29, 1.82) is 0 Å². The molecule has 1 amide bonds. The third-order valence-electron chi connectivity index (χ3n) is 3.47. The van der Waals surface area contributed by atoms with Crippen LogP contribution in [-0.2, 0) is 24.3 Å². The maximum absolute atomic E-state index is 12.7. The van der Waals surface area contributed by atoms with Gasteiger partial charge in [0.25, 0.3) is 0 Å². The molecule has 2 aromatic heterocycles. The molecule has 0 saturated carbocycles. The van der Waals surface area contributed by atoms with E-state index < -0.39 is 0 Å². The average molecular weight is 390 g/mol. The molecule has 0 N–H and O–H groups in total. The Morgan fingerprint density at radius 2 is 1.91 bits per heavy atom. The van der Waals surface area contributed by atoms with Crippen molar-refractivity contribution in [2.45, 2.75) is 19.5 Å². The summed E-state index contributed by atoms with van der Waals surface area (Å²) >= 11 is 5.07. The highest BCUT2D eigenvalue weighted by Crippen LogP contribution is 2.17. The van der Waals surface area contributed by atoms with Gasteiger partial charge in [-0.15, -0.1) is 11.3 Å². The summed E-state index contributed by atoms with van der Waals surface area (Å²) in [6.45, 7) is 1.09. The van der Waals surface area contributed by atoms with Crippen LogP contribution in [0.25, 0.3) is 0 Å². The SMILES string of the molecule is O=C(Cc1ccc(Br)cc1)N(Cc1ccco1)Cc1cccs1. The number of benzene rings is 1. The highest BCUT2D eigenvalue weighted by molar-refractivity contribution is 9.10. The number of amides is 1. The summed E-state index contributed by atoms with van der Waals surface area (Å²) < 4.78 is 6.42. The molecule has 0 radical (unpaired) electrons. The smallest absolute Gasteiger partial charge is 0.227 e. The van der Waals surface area contributed by atoms with Gasteiger partial charge < -0.3 is 9.32 Å². The second-order valence-electron chi connectivity index (χ2n) is 5.21. The molecule has 3 aromatic rings. The highest BCUT2D eigenvalue weighted by Gasteiger charge is 2.17. The molecule has 2 heterocycles. The number of nitrogens with zero attached hydrogens (tertiary/aromatic N) is 1. The zero-order valence-corrected chi connectivity index (χ0v) is 14.8. The van der Waals surface area contributed by atoms with Crippen LogP contribution in [0, 0.1) is 0 Å². The van der Waals surface area contributed by atoms with E-state index in [4.69, 9.17) is 4.42 Å². The van der Waals surface area contributed by atoms with Crippen molar-refractivity contribution in [3.8, 4) is 0 Å². The van der Waals surface area contributed by atoms with Gasteiger partial charge in [0, 0.05) is 9.35 Å². The predicted octanol–water partition coefficient (Wildman–Crippen LogP) is 4.88. The minimum Gasteiger partial charge on any atom is -0.467 e. The van der Waals surface area contributed by atoms with Crippen LogP contribution >= 0.6 is 27.3 Å². The number of hydrogen-bond donors (Lipinski definition) is 0. The number of rotatable bonds is 6. The summed E-state index contributed by atoms with van der Waals surface area (Å²) in [5.41, 5.74) is 1.01. The van der Waals surface area contributed by atoms with E-state index in [0.29, 0.717) is 19.5 Å². The Kier molecular flexibility index (Phi) is 5.31. The van der Waals surface area contributed by atoms with Gasteiger partial charge in [-0.2, -0.15) is 0 Å². The lowest BCUT2D eigenvalue weighted by atomic mass is 10.1. The zero-order valence-electron chi connectivity index (χ0n) is 12.4. The topological polar surface area (TPSA) is 33.5 Å². The molecular formula is C18H16BrNO2S. The Morgan fingerprint density at radius 3 is 2.57 bits per heavy atom. The van der Waals surface area contributed by atoms with Gasteiger partial charge in [0.2, 0.25) is 5.91 Å². The standard InChI is InChI=1S/C18H16BrNO2S/c19-15-7-5-14(6-8-15)11-18(21)20(12-16-3-1-9-22-16)13-17-4-2-10-23-17/h1-10H,11-13H2. The lowest BCUT2D eigenvalue weighted by Gasteiger charge is -2.21. The Hall–Kier alpha value is -1.85. The van der Waals surface area contributed by atoms with E-state index in [1.54, 1.807) is 17.6 Å². The van der Waals surface area contributed by atoms with Crippen LogP contribution in [0.1, 0.15) is 16.2 Å². The number of hydrogen-bond acceptors (Lipinski definition) is 3. The van der Waals surface area contributed by atoms with E-state index in [9.17, 15) is 4.79 Å². The van der Waals surface area contributed by atoms with E-state index in [2.05, 4.69) is 15.9 Å². The maximum Gasteiger partial charge on any atom is 0.227 e. The molecule has 0 spiro atoms. The van der Waals surface area contributed by atoms with Gasteiger partial charge in [0.1, 0.15) is 5.76 Å². The van der Waals surface area contributed by atoms with Crippen molar-refractivity contribution in [2.24, 2.45) is 0 Å². The number of furan rings is 1. The molecule has 0 aliphatic carbocycles. The van der Waals surface area contributed by atoms with Gasteiger partial charge in [-0.25, -0.2) is 0 Å². The van der Waals surface area contributed by atoms with Gasteiger partial charge in [-0.05, 0) is 41.3 Å². The molecule has 118 valence electrons. The molecule has 0 aliphatic heterocycles. The van der Waals surface area contributed by atoms with Crippen LogP contribution in [0.4, 0.5) is 0 Å². The first-order valence-electron chi connectivity index (χ1n) is 7.28. The van der Waals surface area contributed by atoms with Gasteiger partial charge in [0.05, 0.1) is 25.8 Å². The van der Waals surface area contributed by atoms with Gasteiger partial charge in [-0.3, -0.25) is 4.79 Å². The zero-order chi connectivity index (χ0) is 16.1. The van der Waals surface area contributed by atoms with Crippen molar-refractivity contribution >= 4 is 33.2 Å². The largest absolute Gasteiger partial charge is 0.467 e. The molecule has 23 heavy (non-hydrogen) atoms. The summed E-state index contributed by atoms with van der Waals surface area (Å²) in [7, 11) is 0. The molecule has 1 aromatic carbocycles. The second-order valence-corrected chi connectivity index (χ2v) is 7.16. The summed E-state index contributed by atoms with van der Waals surface area (Å²) in [5, 5.41) is 2.03. The van der Waals surface area contributed by atoms with Gasteiger partial charge in [0.15, 0.2) is 0 Å². The predicted molar refractivity (Wildman–Crippen MR) is 95.1 cm³/mol. The van der Waals surface area contributed by atoms with E-state index >= 15 is 0 Å². The second kappa shape index (κ2) is 7.62. The molecule has 0 unspecified atom stereocenters. The van der Waals surface area contributed by atoms with Gasteiger partial charge >= 0.3 is 0 Å².